The molecule has 0 atom stereocenters. The van der Waals surface area contributed by atoms with Gasteiger partial charge in [-0.05, 0) is 6.92 Å². The lowest BCUT2D eigenvalue weighted by atomic mass is 10.6. The van der Waals surface area contributed by atoms with Gasteiger partial charge in [0.1, 0.15) is 5.01 Å². The van der Waals surface area contributed by atoms with Gasteiger partial charge in [0, 0.05) is 31.2 Å². The van der Waals surface area contributed by atoms with Crippen LogP contribution in [0, 0.1) is 6.92 Å². The van der Waals surface area contributed by atoms with Gasteiger partial charge in [0.15, 0.2) is 5.96 Å². The fourth-order valence-corrected chi connectivity index (χ4v) is 2.48. The largest absolute Gasteiger partial charge is 0.355 e. The molecule has 0 unspecified atom stereocenters. The van der Waals surface area contributed by atoms with Crippen LogP contribution < -0.4 is 15.4 Å². The number of halogens is 1. The molecule has 1 rings (SSSR count). The third-order valence-corrected chi connectivity index (χ3v) is 3.72. The Balaban J connectivity index is 0.00000361. The Morgan fingerprint density at radius 2 is 2.10 bits per heavy atom. The highest BCUT2D eigenvalue weighted by atomic mass is 127. The highest BCUT2D eigenvalue weighted by molar-refractivity contribution is 14.0. The van der Waals surface area contributed by atoms with Crippen molar-refractivity contribution in [3.05, 3.63) is 16.1 Å². The first-order chi connectivity index (χ1) is 8.90. The van der Waals surface area contributed by atoms with Crippen molar-refractivity contribution in [3.8, 4) is 0 Å². The molecular weight excluding hydrogens is 413 g/mol. The summed E-state index contributed by atoms with van der Waals surface area (Å²) in [5, 5.41) is 7.10. The zero-order valence-electron chi connectivity index (χ0n) is 11.6. The summed E-state index contributed by atoms with van der Waals surface area (Å²) < 4.78 is 24.1. The van der Waals surface area contributed by atoms with Crippen molar-refractivity contribution in [3.63, 3.8) is 0 Å². The topological polar surface area (TPSA) is 95.5 Å². The van der Waals surface area contributed by atoms with E-state index in [0.717, 1.165) is 16.1 Å². The van der Waals surface area contributed by atoms with Crippen LogP contribution in [-0.4, -0.2) is 45.8 Å². The van der Waals surface area contributed by atoms with Gasteiger partial charge in [0.05, 0.1) is 12.8 Å². The van der Waals surface area contributed by atoms with Gasteiger partial charge in [0.2, 0.25) is 10.0 Å². The van der Waals surface area contributed by atoms with E-state index in [4.69, 9.17) is 0 Å². The molecule has 0 saturated carbocycles. The van der Waals surface area contributed by atoms with E-state index in [9.17, 15) is 8.42 Å². The van der Waals surface area contributed by atoms with Crippen LogP contribution in [-0.2, 0) is 16.6 Å². The fourth-order valence-electron chi connectivity index (χ4n) is 1.28. The maximum Gasteiger partial charge on any atom is 0.208 e. The summed E-state index contributed by atoms with van der Waals surface area (Å²) in [6.45, 7) is 3.38. The molecule has 1 aromatic rings. The first-order valence-corrected chi connectivity index (χ1v) is 8.42. The second kappa shape index (κ2) is 9.47. The lowest BCUT2D eigenvalue weighted by Crippen LogP contribution is -2.41. The van der Waals surface area contributed by atoms with Gasteiger partial charge in [-0.3, -0.25) is 4.99 Å². The molecule has 0 aliphatic rings. The van der Waals surface area contributed by atoms with Crippen LogP contribution in [0.4, 0.5) is 0 Å². The number of nitrogens with one attached hydrogen (secondary N) is 3. The second-order valence-electron chi connectivity index (χ2n) is 3.88. The number of aliphatic imine (C=N–C) groups is 1. The number of sulfonamides is 1. The number of nitrogens with zero attached hydrogens (tertiary/aromatic N) is 2. The number of rotatable bonds is 6. The van der Waals surface area contributed by atoms with Crippen molar-refractivity contribution < 1.29 is 8.42 Å². The van der Waals surface area contributed by atoms with Crippen LogP contribution in [0.15, 0.2) is 11.2 Å². The summed E-state index contributed by atoms with van der Waals surface area (Å²) in [5.74, 6) is 0.614. The van der Waals surface area contributed by atoms with Crippen LogP contribution in [0.3, 0.4) is 0 Å². The van der Waals surface area contributed by atoms with Crippen molar-refractivity contribution in [1.82, 2.24) is 20.3 Å². The molecule has 10 heteroatoms. The number of aromatic nitrogens is 1. The van der Waals surface area contributed by atoms with Gasteiger partial charge >= 0.3 is 0 Å². The average molecular weight is 433 g/mol. The lowest BCUT2D eigenvalue weighted by Gasteiger charge is -2.10. The van der Waals surface area contributed by atoms with Gasteiger partial charge < -0.3 is 10.6 Å². The van der Waals surface area contributed by atoms with E-state index >= 15 is 0 Å². The summed E-state index contributed by atoms with van der Waals surface area (Å²) in [7, 11) is -1.48. The maximum absolute atomic E-state index is 10.9. The highest BCUT2D eigenvalue weighted by Crippen LogP contribution is 2.10. The van der Waals surface area contributed by atoms with Crippen LogP contribution in [0.2, 0.25) is 0 Å². The molecule has 0 bridgehead atoms. The molecule has 0 radical (unpaired) electrons. The molecule has 0 fully saturated rings. The summed E-state index contributed by atoms with van der Waals surface area (Å²) >= 11 is 1.62. The van der Waals surface area contributed by atoms with E-state index in [2.05, 4.69) is 25.3 Å². The van der Waals surface area contributed by atoms with Gasteiger partial charge in [0.25, 0.3) is 0 Å². The van der Waals surface area contributed by atoms with Crippen molar-refractivity contribution in [2.24, 2.45) is 4.99 Å². The molecule has 1 aromatic heterocycles. The van der Waals surface area contributed by atoms with E-state index in [-0.39, 0.29) is 24.0 Å². The quantitative estimate of drug-likeness (QED) is 0.259. The van der Waals surface area contributed by atoms with Crippen molar-refractivity contribution >= 4 is 51.3 Å². The van der Waals surface area contributed by atoms with Gasteiger partial charge in [-0.25, -0.2) is 18.1 Å². The molecule has 0 saturated heterocycles. The normalized spacial score (nSPS) is 11.8. The molecule has 116 valence electrons. The van der Waals surface area contributed by atoms with Crippen LogP contribution >= 0.6 is 35.3 Å². The van der Waals surface area contributed by atoms with E-state index in [0.29, 0.717) is 25.6 Å². The van der Waals surface area contributed by atoms with Gasteiger partial charge in [-0.15, -0.1) is 35.3 Å². The van der Waals surface area contributed by atoms with Crippen molar-refractivity contribution in [2.45, 2.75) is 13.5 Å². The zero-order chi connectivity index (χ0) is 14.3. The Morgan fingerprint density at radius 3 is 2.60 bits per heavy atom. The Bertz CT molecular complexity index is 530. The maximum atomic E-state index is 10.9. The Hall–Kier alpha value is -0.460. The minimum atomic E-state index is -3.14. The van der Waals surface area contributed by atoms with Gasteiger partial charge in [-0.2, -0.15) is 0 Å². The molecule has 0 aliphatic heterocycles. The average Bonchev–Trinajstić information content (AvgIpc) is 2.73. The molecule has 0 amide bonds. The Labute approximate surface area is 140 Å². The Morgan fingerprint density at radius 1 is 1.40 bits per heavy atom. The van der Waals surface area contributed by atoms with E-state index < -0.39 is 10.0 Å². The number of thiazole rings is 1. The van der Waals surface area contributed by atoms with E-state index in [1.807, 2.05) is 13.1 Å². The van der Waals surface area contributed by atoms with Crippen LogP contribution in [0.5, 0.6) is 0 Å². The van der Waals surface area contributed by atoms with Crippen molar-refractivity contribution in [1.29, 1.82) is 0 Å². The molecule has 3 N–H and O–H groups in total. The smallest absolute Gasteiger partial charge is 0.208 e. The SMILES string of the molecule is CN=C(NCCNS(C)(=O)=O)NCc1ncc(C)s1.I. The van der Waals surface area contributed by atoms with E-state index in [1.165, 1.54) is 0 Å². The number of hydrogen-bond donors (Lipinski definition) is 3. The number of aryl methyl sites for hydroxylation is 1. The molecule has 1 heterocycles. The van der Waals surface area contributed by atoms with Crippen molar-refractivity contribution in [2.75, 3.05) is 26.4 Å². The van der Waals surface area contributed by atoms with Crippen LogP contribution in [0.1, 0.15) is 9.88 Å². The minimum absolute atomic E-state index is 0. The predicted molar refractivity (Wildman–Crippen MR) is 93.3 cm³/mol. The summed E-state index contributed by atoms with van der Waals surface area (Å²) in [4.78, 5) is 9.43. The third kappa shape index (κ3) is 8.66. The number of guanidine groups is 1. The molecule has 0 spiro atoms. The summed E-state index contributed by atoms with van der Waals surface area (Å²) in [6, 6.07) is 0. The summed E-state index contributed by atoms with van der Waals surface area (Å²) in [6.07, 6.45) is 2.96. The molecule has 0 aromatic carbocycles. The third-order valence-electron chi connectivity index (χ3n) is 2.08. The minimum Gasteiger partial charge on any atom is -0.355 e. The fraction of sp³-hybridized carbons (Fsp3) is 0.600. The molecule has 7 nitrogen and oxygen atoms in total. The first-order valence-electron chi connectivity index (χ1n) is 5.71. The molecule has 20 heavy (non-hydrogen) atoms. The van der Waals surface area contributed by atoms with E-state index in [1.54, 1.807) is 18.4 Å². The monoisotopic (exact) mass is 433 g/mol. The molecule has 0 aliphatic carbocycles. The predicted octanol–water partition coefficient (Wildman–Crippen LogP) is 0.284. The Kier molecular flexibility index (Phi) is 9.25. The molecular formula is C10H20IN5O2S2. The number of hydrogen-bond acceptors (Lipinski definition) is 5. The zero-order valence-corrected chi connectivity index (χ0v) is 15.6. The van der Waals surface area contributed by atoms with Crippen LogP contribution in [0.25, 0.3) is 0 Å². The summed E-state index contributed by atoms with van der Waals surface area (Å²) in [5.41, 5.74) is 0. The lowest BCUT2D eigenvalue weighted by molar-refractivity contribution is 0.586. The second-order valence-corrected chi connectivity index (χ2v) is 7.04. The highest BCUT2D eigenvalue weighted by Gasteiger charge is 2.02. The standard InChI is InChI=1S/C10H19N5O2S2.HI/c1-8-6-13-9(18-8)7-14-10(11-2)12-4-5-15-19(3,16)17;/h6,15H,4-5,7H2,1-3H3,(H2,11,12,14);1H. The first kappa shape index (κ1) is 19.5. The van der Waals surface area contributed by atoms with Gasteiger partial charge in [-0.1, -0.05) is 0 Å².